The first-order valence-corrected chi connectivity index (χ1v) is 10.8. The van der Waals surface area contributed by atoms with Crippen LogP contribution in [0.5, 0.6) is 0 Å². The van der Waals surface area contributed by atoms with E-state index in [2.05, 4.69) is 43.4 Å². The summed E-state index contributed by atoms with van der Waals surface area (Å²) >= 11 is 6.61. The molecule has 0 radical (unpaired) electrons. The van der Waals surface area contributed by atoms with Gasteiger partial charge >= 0.3 is 0 Å². The van der Waals surface area contributed by atoms with Crippen LogP contribution < -0.4 is 0 Å². The standard InChI is InChI=1S/C18H16BrN3OS2/c19-13-5-3-12(4-6-13)14-9-24-17-16(14)18(21-11-20-17)25-10-15(23)22-7-1-2-8-22/h3-6,9,11H,1-2,7-8,10H2. The molecule has 1 aromatic carbocycles. The normalized spacial score (nSPS) is 14.4. The van der Waals surface area contributed by atoms with Crippen LogP contribution in [0.2, 0.25) is 0 Å². The van der Waals surface area contributed by atoms with Crippen LogP contribution in [0.15, 0.2) is 45.5 Å². The number of carbonyl (C=O) groups excluding carboxylic acids is 1. The van der Waals surface area contributed by atoms with E-state index in [-0.39, 0.29) is 5.91 Å². The van der Waals surface area contributed by atoms with E-state index in [0.717, 1.165) is 56.8 Å². The molecule has 0 bridgehead atoms. The molecule has 7 heteroatoms. The summed E-state index contributed by atoms with van der Waals surface area (Å²) in [6.45, 7) is 1.78. The van der Waals surface area contributed by atoms with E-state index in [1.165, 1.54) is 11.8 Å². The number of benzene rings is 1. The third-order valence-electron chi connectivity index (χ3n) is 4.28. The maximum absolute atomic E-state index is 12.3. The Morgan fingerprint density at radius 3 is 2.72 bits per heavy atom. The zero-order valence-electron chi connectivity index (χ0n) is 13.4. The molecule has 1 aliphatic heterocycles. The predicted octanol–water partition coefficient (Wildman–Crippen LogP) is 4.84. The lowest BCUT2D eigenvalue weighted by atomic mass is 10.1. The van der Waals surface area contributed by atoms with Crippen molar-refractivity contribution in [2.75, 3.05) is 18.8 Å². The highest BCUT2D eigenvalue weighted by atomic mass is 79.9. The number of halogens is 1. The first kappa shape index (κ1) is 17.0. The molecule has 0 saturated carbocycles. The molecule has 0 atom stereocenters. The summed E-state index contributed by atoms with van der Waals surface area (Å²) < 4.78 is 1.05. The van der Waals surface area contributed by atoms with Gasteiger partial charge in [0.2, 0.25) is 5.91 Å². The van der Waals surface area contributed by atoms with E-state index < -0.39 is 0 Å². The lowest BCUT2D eigenvalue weighted by Crippen LogP contribution is -2.29. The highest BCUT2D eigenvalue weighted by Crippen LogP contribution is 2.38. The first-order valence-electron chi connectivity index (χ1n) is 8.11. The third kappa shape index (κ3) is 3.59. The van der Waals surface area contributed by atoms with E-state index in [4.69, 9.17) is 0 Å². The summed E-state index contributed by atoms with van der Waals surface area (Å²) in [5.41, 5.74) is 2.26. The molecule has 25 heavy (non-hydrogen) atoms. The van der Waals surface area contributed by atoms with Gasteiger partial charge in [-0.05, 0) is 30.5 Å². The Bertz CT molecular complexity index is 904. The van der Waals surface area contributed by atoms with Crippen molar-refractivity contribution < 1.29 is 4.79 Å². The van der Waals surface area contributed by atoms with Gasteiger partial charge in [-0.15, -0.1) is 11.3 Å². The molecule has 1 aliphatic rings. The Kier molecular flexibility index (Phi) is 5.05. The number of amides is 1. The molecule has 1 fully saturated rings. The van der Waals surface area contributed by atoms with Crippen molar-refractivity contribution in [3.63, 3.8) is 0 Å². The number of thioether (sulfide) groups is 1. The number of likely N-dealkylation sites (tertiary alicyclic amines) is 1. The minimum atomic E-state index is 0.203. The van der Waals surface area contributed by atoms with Crippen molar-refractivity contribution >= 4 is 55.2 Å². The van der Waals surface area contributed by atoms with E-state index in [9.17, 15) is 4.79 Å². The SMILES string of the molecule is O=C(CSc1ncnc2scc(-c3ccc(Br)cc3)c12)N1CCCC1. The number of nitrogens with zero attached hydrogens (tertiary/aromatic N) is 3. The fraction of sp³-hybridized carbons (Fsp3) is 0.278. The lowest BCUT2D eigenvalue weighted by molar-refractivity contribution is -0.127. The predicted molar refractivity (Wildman–Crippen MR) is 107 cm³/mol. The average Bonchev–Trinajstić information content (AvgIpc) is 3.30. The lowest BCUT2D eigenvalue weighted by Gasteiger charge is -2.14. The van der Waals surface area contributed by atoms with Crippen molar-refractivity contribution in [1.29, 1.82) is 0 Å². The van der Waals surface area contributed by atoms with Gasteiger partial charge in [-0.1, -0.05) is 39.8 Å². The molecule has 128 valence electrons. The molecule has 0 N–H and O–H groups in total. The van der Waals surface area contributed by atoms with Crippen molar-refractivity contribution in [3.8, 4) is 11.1 Å². The topological polar surface area (TPSA) is 46.1 Å². The van der Waals surface area contributed by atoms with Crippen molar-refractivity contribution in [2.24, 2.45) is 0 Å². The molecule has 4 nitrogen and oxygen atoms in total. The summed E-state index contributed by atoms with van der Waals surface area (Å²) in [7, 11) is 0. The van der Waals surface area contributed by atoms with Crippen LogP contribution in [0.3, 0.4) is 0 Å². The van der Waals surface area contributed by atoms with Crippen LogP contribution in [0.25, 0.3) is 21.3 Å². The number of thiophene rings is 1. The van der Waals surface area contributed by atoms with Gasteiger partial charge in [0.25, 0.3) is 0 Å². The second-order valence-corrected chi connectivity index (χ2v) is 8.63. The molecular weight excluding hydrogens is 418 g/mol. The van der Waals surface area contributed by atoms with Crippen LogP contribution in [0, 0.1) is 0 Å². The van der Waals surface area contributed by atoms with E-state index in [1.54, 1.807) is 17.7 Å². The van der Waals surface area contributed by atoms with Gasteiger partial charge in [0.05, 0.1) is 11.1 Å². The maximum Gasteiger partial charge on any atom is 0.232 e. The van der Waals surface area contributed by atoms with Gasteiger partial charge in [-0.3, -0.25) is 4.79 Å². The molecule has 0 spiro atoms. The molecule has 0 aliphatic carbocycles. The van der Waals surface area contributed by atoms with Crippen LogP contribution in [0.1, 0.15) is 12.8 Å². The monoisotopic (exact) mass is 433 g/mol. The summed E-state index contributed by atoms with van der Waals surface area (Å²) in [5.74, 6) is 0.636. The summed E-state index contributed by atoms with van der Waals surface area (Å²) in [5, 5.41) is 4.06. The fourth-order valence-corrected chi connectivity index (χ4v) is 5.15. The third-order valence-corrected chi connectivity index (χ3v) is 6.67. The number of hydrogen-bond acceptors (Lipinski definition) is 5. The van der Waals surface area contributed by atoms with Crippen molar-refractivity contribution in [2.45, 2.75) is 17.9 Å². The molecule has 3 heterocycles. The number of aromatic nitrogens is 2. The maximum atomic E-state index is 12.3. The zero-order valence-corrected chi connectivity index (χ0v) is 16.7. The molecule has 1 amide bonds. The Labute approximate surface area is 162 Å². The molecule has 1 saturated heterocycles. The van der Waals surface area contributed by atoms with Gasteiger partial charge in [-0.2, -0.15) is 0 Å². The van der Waals surface area contributed by atoms with Crippen molar-refractivity contribution in [1.82, 2.24) is 14.9 Å². The minimum Gasteiger partial charge on any atom is -0.342 e. The largest absolute Gasteiger partial charge is 0.342 e. The Morgan fingerprint density at radius 2 is 1.96 bits per heavy atom. The van der Waals surface area contributed by atoms with E-state index >= 15 is 0 Å². The van der Waals surface area contributed by atoms with E-state index in [0.29, 0.717) is 5.75 Å². The van der Waals surface area contributed by atoms with Crippen LogP contribution in [0.4, 0.5) is 0 Å². The minimum absolute atomic E-state index is 0.203. The van der Waals surface area contributed by atoms with Crippen LogP contribution >= 0.6 is 39.0 Å². The van der Waals surface area contributed by atoms with Crippen molar-refractivity contribution in [3.05, 3.63) is 40.4 Å². The smallest absolute Gasteiger partial charge is 0.232 e. The van der Waals surface area contributed by atoms with Gasteiger partial charge in [0.15, 0.2) is 0 Å². The number of fused-ring (bicyclic) bond motifs is 1. The Hall–Kier alpha value is -1.44. The van der Waals surface area contributed by atoms with Gasteiger partial charge in [0.1, 0.15) is 16.2 Å². The van der Waals surface area contributed by atoms with E-state index in [1.807, 2.05) is 17.0 Å². The quantitative estimate of drug-likeness (QED) is 0.436. The van der Waals surface area contributed by atoms with Crippen LogP contribution in [-0.4, -0.2) is 39.6 Å². The van der Waals surface area contributed by atoms with Gasteiger partial charge in [-0.25, -0.2) is 9.97 Å². The highest BCUT2D eigenvalue weighted by Gasteiger charge is 2.19. The highest BCUT2D eigenvalue weighted by molar-refractivity contribution is 9.10. The molecule has 3 aromatic rings. The summed E-state index contributed by atoms with van der Waals surface area (Å²) in [4.78, 5) is 24.1. The molecular formula is C18H16BrN3OS2. The molecule has 2 aromatic heterocycles. The number of rotatable bonds is 4. The second kappa shape index (κ2) is 7.43. The van der Waals surface area contributed by atoms with Gasteiger partial charge < -0.3 is 4.90 Å². The first-order chi connectivity index (χ1) is 12.2. The van der Waals surface area contributed by atoms with Crippen LogP contribution in [-0.2, 0) is 4.79 Å². The summed E-state index contributed by atoms with van der Waals surface area (Å²) in [6.07, 6.45) is 3.83. The second-order valence-electron chi connectivity index (χ2n) is 5.89. The molecule has 4 rings (SSSR count). The zero-order chi connectivity index (χ0) is 17.2. The fourth-order valence-electron chi connectivity index (χ4n) is 2.99. The average molecular weight is 434 g/mol. The van der Waals surface area contributed by atoms with Gasteiger partial charge in [0, 0.05) is 28.5 Å². The molecule has 0 unspecified atom stereocenters. The summed E-state index contributed by atoms with van der Waals surface area (Å²) in [6, 6.07) is 8.24. The number of hydrogen-bond donors (Lipinski definition) is 0. The number of carbonyl (C=O) groups is 1. The Morgan fingerprint density at radius 1 is 1.20 bits per heavy atom. The Balaban J connectivity index is 1.63.